The van der Waals surface area contributed by atoms with E-state index >= 15 is 0 Å². The van der Waals surface area contributed by atoms with Crippen molar-refractivity contribution in [2.45, 2.75) is 58.8 Å². The number of carbonyl (C=O) groups excluding carboxylic acids is 1. The van der Waals surface area contributed by atoms with E-state index in [1.165, 1.54) is 53.8 Å². The Kier molecular flexibility index (Phi) is 8.15. The first kappa shape index (κ1) is 22.6. The van der Waals surface area contributed by atoms with Gasteiger partial charge in [0, 0.05) is 43.9 Å². The Bertz CT molecular complexity index is 774. The van der Waals surface area contributed by atoms with Crippen molar-refractivity contribution < 1.29 is 4.79 Å². The first-order valence-electron chi connectivity index (χ1n) is 11.7. The summed E-state index contributed by atoms with van der Waals surface area (Å²) in [6.07, 6.45) is 9.50. The van der Waals surface area contributed by atoms with Gasteiger partial charge in [0.05, 0.1) is 0 Å². The third kappa shape index (κ3) is 5.98. The lowest BCUT2D eigenvalue weighted by Gasteiger charge is -2.38. The summed E-state index contributed by atoms with van der Waals surface area (Å²) in [6, 6.07) is 6.78. The maximum absolute atomic E-state index is 11.3. The van der Waals surface area contributed by atoms with Crippen LogP contribution in [0.15, 0.2) is 36.4 Å². The van der Waals surface area contributed by atoms with Gasteiger partial charge in [-0.3, -0.25) is 9.69 Å². The number of aryl methyl sites for hydroxylation is 1. The topological polar surface area (TPSA) is 49.6 Å². The van der Waals surface area contributed by atoms with E-state index in [-0.39, 0.29) is 5.91 Å². The molecular formula is C26H39N3O. The van der Waals surface area contributed by atoms with E-state index in [1.54, 1.807) is 0 Å². The molecule has 30 heavy (non-hydrogen) atoms. The Morgan fingerprint density at radius 2 is 2.00 bits per heavy atom. The summed E-state index contributed by atoms with van der Waals surface area (Å²) in [4.78, 5) is 16.4. The van der Waals surface area contributed by atoms with Crippen LogP contribution in [0.2, 0.25) is 0 Å². The lowest BCUT2D eigenvalue weighted by molar-refractivity contribution is -0.117. The second-order valence-corrected chi connectivity index (χ2v) is 9.05. The van der Waals surface area contributed by atoms with Crippen LogP contribution in [0, 0.1) is 5.92 Å². The smallest absolute Gasteiger partial charge is 0.217 e. The lowest BCUT2D eigenvalue weighted by atomic mass is 9.82. The fourth-order valence-electron chi connectivity index (χ4n) is 4.65. The Morgan fingerprint density at radius 3 is 2.60 bits per heavy atom. The number of hydrogen-bond acceptors (Lipinski definition) is 3. The highest BCUT2D eigenvalue weighted by Gasteiger charge is 2.23. The van der Waals surface area contributed by atoms with Crippen LogP contribution in [0.3, 0.4) is 0 Å². The van der Waals surface area contributed by atoms with Gasteiger partial charge in [0.1, 0.15) is 0 Å². The normalized spacial score (nSPS) is 20.1. The molecule has 0 spiro atoms. The van der Waals surface area contributed by atoms with Crippen molar-refractivity contribution in [2.24, 2.45) is 11.7 Å². The van der Waals surface area contributed by atoms with Gasteiger partial charge in [0.2, 0.25) is 5.91 Å². The van der Waals surface area contributed by atoms with E-state index in [2.05, 4.69) is 54.5 Å². The van der Waals surface area contributed by atoms with Gasteiger partial charge in [-0.25, -0.2) is 0 Å². The Morgan fingerprint density at radius 1 is 1.23 bits per heavy atom. The molecule has 4 heteroatoms. The van der Waals surface area contributed by atoms with Gasteiger partial charge >= 0.3 is 0 Å². The first-order chi connectivity index (χ1) is 14.5. The fourth-order valence-corrected chi connectivity index (χ4v) is 4.65. The second kappa shape index (κ2) is 10.8. The molecule has 1 saturated heterocycles. The summed E-state index contributed by atoms with van der Waals surface area (Å²) < 4.78 is 0. The van der Waals surface area contributed by atoms with Gasteiger partial charge in [-0.2, -0.15) is 0 Å². The van der Waals surface area contributed by atoms with Crippen molar-refractivity contribution in [1.29, 1.82) is 0 Å². The van der Waals surface area contributed by atoms with Gasteiger partial charge in [0.25, 0.3) is 0 Å². The maximum atomic E-state index is 11.3. The minimum atomic E-state index is -0.231. The van der Waals surface area contributed by atoms with Crippen molar-refractivity contribution >= 4 is 17.2 Å². The number of carbonyl (C=O) groups is 1. The molecule has 0 aromatic heterocycles. The van der Waals surface area contributed by atoms with Crippen LogP contribution in [-0.4, -0.2) is 43.5 Å². The van der Waals surface area contributed by atoms with Crippen LogP contribution >= 0.6 is 0 Å². The summed E-state index contributed by atoms with van der Waals surface area (Å²) in [5, 5.41) is 0. The van der Waals surface area contributed by atoms with E-state index in [0.29, 0.717) is 12.3 Å². The van der Waals surface area contributed by atoms with Crippen LogP contribution in [0.5, 0.6) is 0 Å². The fraction of sp³-hybridized carbons (Fsp3) is 0.577. The number of hydrogen-bond donors (Lipinski definition) is 1. The molecule has 2 aliphatic rings. The maximum Gasteiger partial charge on any atom is 0.217 e. The number of primary amides is 1. The quantitative estimate of drug-likeness (QED) is 0.597. The lowest BCUT2D eigenvalue weighted by Crippen LogP contribution is -2.46. The molecule has 1 atom stereocenters. The largest absolute Gasteiger partial charge is 0.370 e. The highest BCUT2D eigenvalue weighted by atomic mass is 16.1. The number of anilines is 1. The van der Waals surface area contributed by atoms with E-state index in [1.807, 2.05) is 0 Å². The van der Waals surface area contributed by atoms with Crippen molar-refractivity contribution in [3.63, 3.8) is 0 Å². The second-order valence-electron chi connectivity index (χ2n) is 9.05. The Labute approximate surface area is 182 Å². The van der Waals surface area contributed by atoms with Crippen molar-refractivity contribution in [1.82, 2.24) is 4.90 Å². The van der Waals surface area contributed by atoms with Gasteiger partial charge in [-0.15, -0.1) is 0 Å². The average molecular weight is 410 g/mol. The van der Waals surface area contributed by atoms with Crippen LogP contribution in [0.4, 0.5) is 5.69 Å². The third-order valence-corrected chi connectivity index (χ3v) is 6.72. The van der Waals surface area contributed by atoms with E-state index in [4.69, 9.17) is 5.73 Å². The first-order valence-corrected chi connectivity index (χ1v) is 11.7. The zero-order valence-corrected chi connectivity index (χ0v) is 19.0. The van der Waals surface area contributed by atoms with Gasteiger partial charge < -0.3 is 10.6 Å². The molecule has 1 aromatic carbocycles. The highest BCUT2D eigenvalue weighted by molar-refractivity contribution is 5.78. The number of amides is 1. The zero-order valence-electron chi connectivity index (χ0n) is 19.0. The number of nitrogens with two attached hydrogens (primary N) is 1. The molecule has 1 aromatic rings. The Hall–Kier alpha value is -2.07. The SMILES string of the molecule is C=C(C)C1CC=C(c2ccc(CCC(N)=O)cc2N2CCN(CCCC)CC2)CC1. The van der Waals surface area contributed by atoms with Crippen LogP contribution in [0.1, 0.15) is 63.5 Å². The molecule has 1 fully saturated rings. The molecule has 1 aliphatic carbocycles. The summed E-state index contributed by atoms with van der Waals surface area (Å²) in [5.74, 6) is 0.389. The van der Waals surface area contributed by atoms with Crippen LogP contribution in [0.25, 0.3) is 5.57 Å². The number of benzene rings is 1. The van der Waals surface area contributed by atoms with E-state index in [9.17, 15) is 4.79 Å². The summed E-state index contributed by atoms with van der Waals surface area (Å²) >= 11 is 0. The van der Waals surface area contributed by atoms with Crippen molar-refractivity contribution in [3.05, 3.63) is 47.6 Å². The van der Waals surface area contributed by atoms with Gasteiger partial charge in [0.15, 0.2) is 0 Å². The number of unbranched alkanes of at least 4 members (excludes halogenated alkanes) is 1. The molecule has 0 radical (unpaired) electrons. The molecular weight excluding hydrogens is 370 g/mol. The molecule has 3 rings (SSSR count). The van der Waals surface area contributed by atoms with Crippen LogP contribution < -0.4 is 10.6 Å². The van der Waals surface area contributed by atoms with Crippen LogP contribution in [-0.2, 0) is 11.2 Å². The minimum Gasteiger partial charge on any atom is -0.370 e. The van der Waals surface area contributed by atoms with E-state index < -0.39 is 0 Å². The predicted molar refractivity (Wildman–Crippen MR) is 128 cm³/mol. The molecule has 1 aliphatic heterocycles. The molecule has 0 bridgehead atoms. The summed E-state index contributed by atoms with van der Waals surface area (Å²) in [6.45, 7) is 14.2. The molecule has 1 unspecified atom stereocenters. The predicted octanol–water partition coefficient (Wildman–Crippen LogP) is 4.79. The van der Waals surface area contributed by atoms with E-state index in [0.717, 1.165) is 45.4 Å². The van der Waals surface area contributed by atoms with Crippen molar-refractivity contribution in [3.8, 4) is 0 Å². The summed E-state index contributed by atoms with van der Waals surface area (Å²) in [5.41, 5.74) is 12.1. The molecule has 1 amide bonds. The highest BCUT2D eigenvalue weighted by Crippen LogP contribution is 2.38. The Balaban J connectivity index is 1.80. The summed E-state index contributed by atoms with van der Waals surface area (Å²) in [7, 11) is 0. The minimum absolute atomic E-state index is 0.231. The third-order valence-electron chi connectivity index (χ3n) is 6.72. The number of allylic oxidation sites excluding steroid dienone is 3. The van der Waals surface area contributed by atoms with Gasteiger partial charge in [-0.05, 0) is 68.7 Å². The number of piperazine rings is 1. The number of nitrogens with zero attached hydrogens (tertiary/aromatic N) is 2. The van der Waals surface area contributed by atoms with Gasteiger partial charge in [-0.1, -0.05) is 43.7 Å². The molecule has 0 saturated carbocycles. The standard InChI is InChI=1S/C26H39N3O/c1-4-5-14-28-15-17-29(18-16-28)25-19-21(7-13-26(27)30)6-12-24(25)23-10-8-22(9-11-23)20(2)3/h6,10,12,19,22H,2,4-5,7-9,11,13-18H2,1,3H3,(H2,27,30). The molecule has 2 N–H and O–H groups in total. The van der Waals surface area contributed by atoms with Crippen molar-refractivity contribution in [2.75, 3.05) is 37.6 Å². The zero-order chi connectivity index (χ0) is 21.5. The number of rotatable bonds is 9. The monoisotopic (exact) mass is 409 g/mol. The molecule has 4 nitrogen and oxygen atoms in total. The molecule has 1 heterocycles. The average Bonchev–Trinajstić information content (AvgIpc) is 2.76. The molecule has 164 valence electrons.